The van der Waals surface area contributed by atoms with Gasteiger partial charge in [0.25, 0.3) is 0 Å². The Balaban J connectivity index is 1.29. The Bertz CT molecular complexity index is 1310. The lowest BCUT2D eigenvalue weighted by Crippen LogP contribution is -2.31. The summed E-state index contributed by atoms with van der Waals surface area (Å²) in [4.78, 5) is 0. The molecule has 4 aromatic rings. The molecule has 4 aromatic carbocycles. The van der Waals surface area contributed by atoms with Gasteiger partial charge in [-0.3, -0.25) is 0 Å². The summed E-state index contributed by atoms with van der Waals surface area (Å²) in [5.41, 5.74) is 0.998. The Morgan fingerprint density at radius 3 is 2.19 bits per heavy atom. The summed E-state index contributed by atoms with van der Waals surface area (Å²) < 4.78 is 6.63. The summed E-state index contributed by atoms with van der Waals surface area (Å²) in [6, 6.07) is 24.7. The summed E-state index contributed by atoms with van der Waals surface area (Å²) in [5, 5.41) is 7.91. The molecule has 2 fully saturated rings. The molecule has 0 aromatic heterocycles. The molecule has 1 nitrogen and oxygen atoms in total. The second-order valence-corrected chi connectivity index (χ2v) is 11.1. The number of ether oxygens (including phenoxy) is 1. The zero-order valence-electron chi connectivity index (χ0n) is 19.8. The minimum atomic E-state index is -0.275. The summed E-state index contributed by atoms with van der Waals surface area (Å²) in [7, 11) is 0. The molecule has 2 bridgehead atoms. The summed E-state index contributed by atoms with van der Waals surface area (Å²) in [6.45, 7) is 10.3. The third kappa shape index (κ3) is 3.09. The van der Waals surface area contributed by atoms with Crippen LogP contribution in [0.15, 0.2) is 66.7 Å². The molecule has 5 atom stereocenters. The van der Waals surface area contributed by atoms with Crippen molar-refractivity contribution in [3.05, 3.63) is 72.3 Å². The van der Waals surface area contributed by atoms with Crippen LogP contribution in [-0.2, 0) is 10.3 Å². The van der Waals surface area contributed by atoms with Crippen LogP contribution in [0, 0.1) is 29.6 Å². The molecule has 32 heavy (non-hydrogen) atoms. The Hall–Kier alpha value is -2.38. The van der Waals surface area contributed by atoms with Gasteiger partial charge in [-0.25, -0.2) is 0 Å². The third-order valence-corrected chi connectivity index (χ3v) is 9.13. The molecule has 2 aliphatic carbocycles. The lowest BCUT2D eigenvalue weighted by molar-refractivity contribution is -0.0539. The van der Waals surface area contributed by atoms with Gasteiger partial charge < -0.3 is 4.74 Å². The van der Waals surface area contributed by atoms with Crippen molar-refractivity contribution in [2.45, 2.75) is 46.1 Å². The van der Waals surface area contributed by atoms with Gasteiger partial charge in [0, 0.05) is 0 Å². The van der Waals surface area contributed by atoms with E-state index < -0.39 is 0 Å². The second kappa shape index (κ2) is 7.32. The van der Waals surface area contributed by atoms with E-state index in [-0.39, 0.29) is 5.60 Å². The zero-order valence-corrected chi connectivity index (χ0v) is 19.8. The lowest BCUT2D eigenvalue weighted by Gasteiger charge is -2.34. The van der Waals surface area contributed by atoms with Gasteiger partial charge in [0.1, 0.15) is 0 Å². The number of rotatable bonds is 4. The second-order valence-electron chi connectivity index (χ2n) is 11.1. The third-order valence-electron chi connectivity index (χ3n) is 9.13. The van der Waals surface area contributed by atoms with E-state index in [1.165, 1.54) is 50.7 Å². The minimum Gasteiger partial charge on any atom is -0.371 e. The van der Waals surface area contributed by atoms with Crippen LogP contribution < -0.4 is 0 Å². The Kier molecular flexibility index (Phi) is 4.63. The summed E-state index contributed by atoms with van der Waals surface area (Å²) >= 11 is 0. The van der Waals surface area contributed by atoms with Crippen LogP contribution in [0.4, 0.5) is 0 Å². The van der Waals surface area contributed by atoms with Gasteiger partial charge >= 0.3 is 0 Å². The average molecular weight is 423 g/mol. The van der Waals surface area contributed by atoms with Crippen LogP contribution in [0.1, 0.15) is 46.1 Å². The standard InChI is InChI=1S/C31H34O/c1-19-20(2)30-17-23(19)15-24(30)18-32-31(3,4)25-11-14-27-22(16-25)10-13-28-26-8-6-5-7-21(26)9-12-29(27)28/h5-14,16,19-20,23-24,30H,15,17-18H2,1-4H3. The van der Waals surface area contributed by atoms with Crippen molar-refractivity contribution in [2.24, 2.45) is 29.6 Å². The van der Waals surface area contributed by atoms with Gasteiger partial charge in [0.05, 0.1) is 12.2 Å². The largest absolute Gasteiger partial charge is 0.371 e. The molecule has 0 aliphatic heterocycles. The molecular formula is C31H34O. The lowest BCUT2D eigenvalue weighted by atomic mass is 9.76. The predicted octanol–water partition coefficient (Wildman–Crippen LogP) is 8.33. The van der Waals surface area contributed by atoms with Crippen molar-refractivity contribution in [3.8, 4) is 0 Å². The molecule has 164 valence electrons. The molecule has 0 amide bonds. The number of hydrogen-bond acceptors (Lipinski definition) is 1. The summed E-state index contributed by atoms with van der Waals surface area (Å²) in [5.74, 6) is 4.29. The summed E-state index contributed by atoms with van der Waals surface area (Å²) in [6.07, 6.45) is 2.79. The molecule has 0 spiro atoms. The molecule has 6 rings (SSSR count). The minimum absolute atomic E-state index is 0.275. The average Bonchev–Trinajstić information content (AvgIpc) is 3.36. The maximum absolute atomic E-state index is 6.63. The maximum atomic E-state index is 6.63. The fourth-order valence-electron chi connectivity index (χ4n) is 6.89. The van der Waals surface area contributed by atoms with E-state index in [0.717, 1.165) is 36.2 Å². The van der Waals surface area contributed by atoms with E-state index in [0.29, 0.717) is 0 Å². The molecule has 0 saturated heterocycles. The highest BCUT2D eigenvalue weighted by Crippen LogP contribution is 2.55. The Morgan fingerprint density at radius 1 is 0.750 bits per heavy atom. The van der Waals surface area contributed by atoms with Crippen LogP contribution in [0.3, 0.4) is 0 Å². The SMILES string of the molecule is CC1C2CC(COC(C)(C)c3ccc4c(ccc5c6ccccc6ccc45)c3)C(C2)C1C. The van der Waals surface area contributed by atoms with Crippen LogP contribution >= 0.6 is 0 Å². The van der Waals surface area contributed by atoms with E-state index in [2.05, 4.69) is 94.4 Å². The van der Waals surface area contributed by atoms with Crippen LogP contribution in [0.5, 0.6) is 0 Å². The van der Waals surface area contributed by atoms with Crippen molar-refractivity contribution in [1.29, 1.82) is 0 Å². The number of fused-ring (bicyclic) bond motifs is 7. The van der Waals surface area contributed by atoms with Crippen molar-refractivity contribution >= 4 is 32.3 Å². The van der Waals surface area contributed by atoms with E-state index in [9.17, 15) is 0 Å². The van der Waals surface area contributed by atoms with Gasteiger partial charge in [-0.05, 0) is 100 Å². The maximum Gasteiger partial charge on any atom is 0.0875 e. The topological polar surface area (TPSA) is 9.23 Å². The molecule has 2 saturated carbocycles. The van der Waals surface area contributed by atoms with Gasteiger partial charge in [-0.2, -0.15) is 0 Å². The molecule has 0 heterocycles. The normalized spacial score (nSPS) is 27.7. The van der Waals surface area contributed by atoms with E-state index >= 15 is 0 Å². The fraction of sp³-hybridized carbons (Fsp3) is 0.419. The molecule has 5 unspecified atom stereocenters. The van der Waals surface area contributed by atoms with Crippen LogP contribution in [-0.4, -0.2) is 6.61 Å². The highest BCUT2D eigenvalue weighted by atomic mass is 16.5. The number of benzene rings is 4. The Labute approximate surface area is 191 Å². The van der Waals surface area contributed by atoms with Crippen LogP contribution in [0.25, 0.3) is 32.3 Å². The van der Waals surface area contributed by atoms with Gasteiger partial charge in [-0.1, -0.05) is 74.5 Å². The first-order valence-corrected chi connectivity index (χ1v) is 12.4. The van der Waals surface area contributed by atoms with E-state index in [4.69, 9.17) is 4.74 Å². The van der Waals surface area contributed by atoms with Gasteiger partial charge in [0.15, 0.2) is 0 Å². The first-order valence-electron chi connectivity index (χ1n) is 12.4. The van der Waals surface area contributed by atoms with Crippen molar-refractivity contribution in [2.75, 3.05) is 6.61 Å². The van der Waals surface area contributed by atoms with E-state index in [1.807, 2.05) is 0 Å². The molecule has 0 N–H and O–H groups in total. The van der Waals surface area contributed by atoms with E-state index in [1.54, 1.807) is 0 Å². The quantitative estimate of drug-likeness (QED) is 0.300. The van der Waals surface area contributed by atoms with Crippen molar-refractivity contribution in [3.63, 3.8) is 0 Å². The molecular weight excluding hydrogens is 388 g/mol. The first-order chi connectivity index (χ1) is 15.4. The van der Waals surface area contributed by atoms with Gasteiger partial charge in [-0.15, -0.1) is 0 Å². The van der Waals surface area contributed by atoms with Crippen molar-refractivity contribution < 1.29 is 4.74 Å². The van der Waals surface area contributed by atoms with Crippen LogP contribution in [0.2, 0.25) is 0 Å². The highest BCUT2D eigenvalue weighted by Gasteiger charge is 2.48. The molecule has 0 radical (unpaired) electrons. The monoisotopic (exact) mass is 422 g/mol. The highest BCUT2D eigenvalue weighted by molar-refractivity contribution is 6.17. The smallest absolute Gasteiger partial charge is 0.0875 e. The first kappa shape index (κ1) is 20.2. The predicted molar refractivity (Wildman–Crippen MR) is 136 cm³/mol. The van der Waals surface area contributed by atoms with Crippen molar-refractivity contribution in [1.82, 2.24) is 0 Å². The zero-order chi connectivity index (χ0) is 22.0. The molecule has 1 heteroatoms. The van der Waals surface area contributed by atoms with Gasteiger partial charge in [0.2, 0.25) is 0 Å². The number of hydrogen-bond donors (Lipinski definition) is 0. The Morgan fingerprint density at radius 2 is 1.44 bits per heavy atom. The fourth-order valence-corrected chi connectivity index (χ4v) is 6.89. The molecule has 2 aliphatic rings.